The van der Waals surface area contributed by atoms with Gasteiger partial charge in [0.05, 0.1) is 9.92 Å². The molecule has 1 heterocycles. The number of hydrogen-bond donors (Lipinski definition) is 1. The SMILES string of the molecule is Cc1c(Cc2cc(S(=O)(=O)NCC(F)(F)F)ccc2F)c(=O)oc2cc(OC(=O)N(C)C)c(Cl)cc12. The zero-order valence-electron chi connectivity index (χ0n) is 19.0. The van der Waals surface area contributed by atoms with Gasteiger partial charge in [-0.15, -0.1) is 0 Å². The fraction of sp³-hybridized carbons (Fsp3) is 0.273. The van der Waals surface area contributed by atoms with E-state index >= 15 is 0 Å². The zero-order valence-corrected chi connectivity index (χ0v) is 20.6. The summed E-state index contributed by atoms with van der Waals surface area (Å²) in [6, 6.07) is 5.06. The molecule has 36 heavy (non-hydrogen) atoms. The van der Waals surface area contributed by atoms with Crippen LogP contribution in [-0.2, 0) is 16.4 Å². The van der Waals surface area contributed by atoms with Gasteiger partial charge in [0.25, 0.3) is 0 Å². The maximum absolute atomic E-state index is 14.5. The normalized spacial score (nSPS) is 12.1. The highest BCUT2D eigenvalue weighted by molar-refractivity contribution is 7.89. The van der Waals surface area contributed by atoms with E-state index in [0.29, 0.717) is 10.9 Å². The predicted octanol–water partition coefficient (Wildman–Crippen LogP) is 4.39. The van der Waals surface area contributed by atoms with Crippen molar-refractivity contribution in [3.63, 3.8) is 0 Å². The maximum atomic E-state index is 14.5. The van der Waals surface area contributed by atoms with Crippen LogP contribution in [-0.4, -0.2) is 46.2 Å². The fourth-order valence-electron chi connectivity index (χ4n) is 3.16. The second-order valence-electron chi connectivity index (χ2n) is 7.90. The van der Waals surface area contributed by atoms with Crippen molar-refractivity contribution in [1.82, 2.24) is 9.62 Å². The second-order valence-corrected chi connectivity index (χ2v) is 10.1. The predicted molar refractivity (Wildman–Crippen MR) is 122 cm³/mol. The van der Waals surface area contributed by atoms with Gasteiger partial charge in [0.1, 0.15) is 17.9 Å². The molecule has 0 saturated carbocycles. The third-order valence-corrected chi connectivity index (χ3v) is 6.75. The Kier molecular flexibility index (Phi) is 7.67. The lowest BCUT2D eigenvalue weighted by Crippen LogP contribution is -2.33. The fourth-order valence-corrected chi connectivity index (χ4v) is 4.43. The van der Waals surface area contributed by atoms with Gasteiger partial charge in [-0.2, -0.15) is 13.2 Å². The van der Waals surface area contributed by atoms with E-state index in [4.69, 9.17) is 20.8 Å². The number of halogens is 5. The molecule has 2 aromatic carbocycles. The number of nitrogens with one attached hydrogen (secondary N) is 1. The first-order chi connectivity index (χ1) is 16.6. The number of rotatable bonds is 6. The number of carbonyl (C=O) groups excluding carboxylic acids is 1. The number of alkyl halides is 3. The molecule has 0 saturated heterocycles. The summed E-state index contributed by atoms with van der Waals surface area (Å²) in [5, 5.41) is 0.367. The minimum absolute atomic E-state index is 0.0237. The minimum atomic E-state index is -4.79. The van der Waals surface area contributed by atoms with E-state index in [0.717, 1.165) is 23.1 Å². The Morgan fingerprint density at radius 3 is 2.47 bits per heavy atom. The molecule has 0 bridgehead atoms. The molecule has 194 valence electrons. The van der Waals surface area contributed by atoms with Crippen molar-refractivity contribution in [3.8, 4) is 5.75 Å². The Morgan fingerprint density at radius 2 is 1.86 bits per heavy atom. The van der Waals surface area contributed by atoms with Crippen molar-refractivity contribution in [1.29, 1.82) is 0 Å². The third-order valence-electron chi connectivity index (χ3n) is 5.06. The van der Waals surface area contributed by atoms with Gasteiger partial charge in [0.2, 0.25) is 10.0 Å². The Morgan fingerprint density at radius 1 is 1.19 bits per heavy atom. The van der Waals surface area contributed by atoms with Crippen LogP contribution in [0.15, 0.2) is 44.4 Å². The quantitative estimate of drug-likeness (QED) is 0.360. The molecule has 3 aromatic rings. The second kappa shape index (κ2) is 10.1. The number of nitrogens with zero attached hydrogens (tertiary/aromatic N) is 1. The molecule has 0 radical (unpaired) electrons. The number of hydrogen-bond acceptors (Lipinski definition) is 6. The smallest absolute Gasteiger partial charge is 0.414 e. The van der Waals surface area contributed by atoms with E-state index < -0.39 is 51.6 Å². The summed E-state index contributed by atoms with van der Waals surface area (Å²) in [4.78, 5) is 25.1. The van der Waals surface area contributed by atoms with Crippen LogP contribution in [0.1, 0.15) is 16.7 Å². The summed E-state index contributed by atoms with van der Waals surface area (Å²) in [5.74, 6) is -0.943. The van der Waals surface area contributed by atoms with Crippen molar-refractivity contribution in [2.45, 2.75) is 24.4 Å². The molecular weight excluding hydrogens is 532 g/mol. The van der Waals surface area contributed by atoms with Crippen LogP contribution >= 0.6 is 11.6 Å². The van der Waals surface area contributed by atoms with Crippen molar-refractivity contribution in [3.05, 3.63) is 68.3 Å². The molecule has 0 aliphatic heterocycles. The van der Waals surface area contributed by atoms with Crippen LogP contribution in [0.4, 0.5) is 22.4 Å². The highest BCUT2D eigenvalue weighted by atomic mass is 35.5. The summed E-state index contributed by atoms with van der Waals surface area (Å²) < 4.78 is 88.1. The maximum Gasteiger partial charge on any atom is 0.414 e. The number of sulfonamides is 1. The van der Waals surface area contributed by atoms with Gasteiger partial charge in [0, 0.05) is 37.5 Å². The minimum Gasteiger partial charge on any atom is -0.422 e. The number of ether oxygens (including phenoxy) is 1. The van der Waals surface area contributed by atoms with E-state index in [1.165, 1.54) is 37.9 Å². The summed E-state index contributed by atoms with van der Waals surface area (Å²) in [6.07, 6.45) is -5.93. The molecule has 0 fully saturated rings. The lowest BCUT2D eigenvalue weighted by atomic mass is 9.99. The van der Waals surface area contributed by atoms with Crippen molar-refractivity contribution < 1.29 is 39.9 Å². The lowest BCUT2D eigenvalue weighted by molar-refractivity contribution is -0.121. The zero-order chi connectivity index (χ0) is 27.0. The molecule has 8 nitrogen and oxygen atoms in total. The average molecular weight is 551 g/mol. The van der Waals surface area contributed by atoms with E-state index in [1.54, 1.807) is 0 Å². The van der Waals surface area contributed by atoms with Crippen molar-refractivity contribution >= 4 is 38.7 Å². The number of fused-ring (bicyclic) bond motifs is 1. The third kappa shape index (κ3) is 6.15. The largest absolute Gasteiger partial charge is 0.422 e. The Labute approximate surface area is 207 Å². The number of amides is 1. The van der Waals surface area contributed by atoms with E-state index in [2.05, 4.69) is 0 Å². The van der Waals surface area contributed by atoms with Gasteiger partial charge in [-0.25, -0.2) is 27.1 Å². The summed E-state index contributed by atoms with van der Waals surface area (Å²) >= 11 is 6.20. The van der Waals surface area contributed by atoms with Gasteiger partial charge in [-0.05, 0) is 42.3 Å². The van der Waals surface area contributed by atoms with Crippen LogP contribution in [0.5, 0.6) is 5.75 Å². The monoisotopic (exact) mass is 550 g/mol. The van der Waals surface area contributed by atoms with Crippen molar-refractivity contribution in [2.75, 3.05) is 20.6 Å². The molecule has 0 aliphatic carbocycles. The Balaban J connectivity index is 2.01. The molecule has 1 amide bonds. The van der Waals surface area contributed by atoms with Gasteiger partial charge in [-0.1, -0.05) is 11.6 Å². The van der Waals surface area contributed by atoms with Crippen LogP contribution in [0.3, 0.4) is 0 Å². The molecule has 1 N–H and O–H groups in total. The lowest BCUT2D eigenvalue weighted by Gasteiger charge is -2.14. The first kappa shape index (κ1) is 27.4. The number of benzene rings is 2. The van der Waals surface area contributed by atoms with Crippen LogP contribution in [0.2, 0.25) is 5.02 Å². The van der Waals surface area contributed by atoms with E-state index in [1.807, 2.05) is 0 Å². The van der Waals surface area contributed by atoms with Gasteiger partial charge in [0.15, 0.2) is 5.75 Å². The van der Waals surface area contributed by atoms with E-state index in [9.17, 15) is 35.6 Å². The molecule has 0 aliphatic rings. The Hall–Kier alpha value is -3.16. The summed E-state index contributed by atoms with van der Waals surface area (Å²) in [7, 11) is -1.69. The first-order valence-electron chi connectivity index (χ1n) is 10.1. The summed E-state index contributed by atoms with van der Waals surface area (Å²) in [6.45, 7) is -0.276. The number of aryl methyl sites for hydroxylation is 1. The molecule has 14 heteroatoms. The average Bonchev–Trinajstić information content (AvgIpc) is 2.77. The number of carbonyl (C=O) groups is 1. The molecule has 3 rings (SSSR count). The summed E-state index contributed by atoms with van der Waals surface area (Å²) in [5.41, 5.74) is -0.817. The standard InChI is InChI=1S/C22H19ClF4N2O6S/c1-11-14-8-16(23)19(35-21(31)29(2)3)9-18(14)34-20(30)15(11)7-12-6-13(4-5-17(12)24)36(32,33)28-10-22(25,26)27/h4-6,8-9,28H,7,10H2,1-3H3. The van der Waals surface area contributed by atoms with Crippen LogP contribution in [0.25, 0.3) is 11.0 Å². The van der Waals surface area contributed by atoms with Gasteiger partial charge < -0.3 is 14.1 Å². The van der Waals surface area contributed by atoms with Crippen molar-refractivity contribution in [2.24, 2.45) is 0 Å². The van der Waals surface area contributed by atoms with Crippen LogP contribution < -0.4 is 15.1 Å². The molecule has 1 aromatic heterocycles. The highest BCUT2D eigenvalue weighted by Gasteiger charge is 2.30. The molecule has 0 unspecified atom stereocenters. The van der Waals surface area contributed by atoms with E-state index in [-0.39, 0.29) is 27.5 Å². The first-order valence-corrected chi connectivity index (χ1v) is 11.9. The van der Waals surface area contributed by atoms with Gasteiger partial charge in [-0.3, -0.25) is 0 Å². The van der Waals surface area contributed by atoms with Crippen LogP contribution in [0, 0.1) is 12.7 Å². The highest BCUT2D eigenvalue weighted by Crippen LogP contribution is 2.33. The van der Waals surface area contributed by atoms with Gasteiger partial charge >= 0.3 is 17.9 Å². The molecule has 0 atom stereocenters. The molecular formula is C22H19ClF4N2O6S. The Bertz CT molecular complexity index is 1500. The topological polar surface area (TPSA) is 106 Å². The molecule has 0 spiro atoms.